The number of benzene rings is 2. The molecule has 158 valence electrons. The van der Waals surface area contributed by atoms with Crippen LogP contribution in [0.2, 0.25) is 5.02 Å². The van der Waals surface area contributed by atoms with Gasteiger partial charge in [0.2, 0.25) is 0 Å². The number of hydrogen-bond acceptors (Lipinski definition) is 7. The Kier molecular flexibility index (Phi) is 6.11. The van der Waals surface area contributed by atoms with E-state index in [1.807, 2.05) is 31.2 Å². The van der Waals surface area contributed by atoms with Gasteiger partial charge < -0.3 is 9.26 Å². The van der Waals surface area contributed by atoms with Crippen LogP contribution in [-0.4, -0.2) is 27.8 Å². The lowest BCUT2D eigenvalue weighted by Crippen LogP contribution is -2.24. The Bertz CT molecular complexity index is 1330. The predicted octanol–water partition coefficient (Wildman–Crippen LogP) is 4.47. The molecule has 0 N–H and O–H groups in total. The molecule has 0 aliphatic rings. The number of esters is 1. The van der Waals surface area contributed by atoms with Gasteiger partial charge >= 0.3 is 5.97 Å². The van der Waals surface area contributed by atoms with Gasteiger partial charge in [0.1, 0.15) is 5.76 Å². The number of carbonyl (C=O) groups is 1. The summed E-state index contributed by atoms with van der Waals surface area (Å²) in [4.78, 5) is 29.9. The number of aromatic nitrogens is 3. The number of nitrogens with zero attached hydrogens (tertiary/aromatic N) is 3. The van der Waals surface area contributed by atoms with Gasteiger partial charge in [0, 0.05) is 11.1 Å². The van der Waals surface area contributed by atoms with E-state index in [-0.39, 0.29) is 12.1 Å². The minimum atomic E-state index is -0.490. The lowest BCUT2D eigenvalue weighted by molar-refractivity contribution is 0.0601. The molecular formula is C22H18ClN3O4S. The Morgan fingerprint density at radius 3 is 2.74 bits per heavy atom. The molecule has 0 unspecified atom stereocenters. The second-order valence-electron chi connectivity index (χ2n) is 6.82. The van der Waals surface area contributed by atoms with Crippen molar-refractivity contribution >= 4 is 40.2 Å². The topological polar surface area (TPSA) is 87.2 Å². The molecule has 0 atom stereocenters. The van der Waals surface area contributed by atoms with Crippen molar-refractivity contribution in [3.05, 3.63) is 86.5 Å². The van der Waals surface area contributed by atoms with Crippen LogP contribution in [-0.2, 0) is 17.0 Å². The van der Waals surface area contributed by atoms with E-state index in [1.165, 1.54) is 18.9 Å². The lowest BCUT2D eigenvalue weighted by atomic mass is 10.1. The summed E-state index contributed by atoms with van der Waals surface area (Å²) in [7, 11) is 1.31. The normalized spacial score (nSPS) is 11.1. The number of fused-ring (bicyclic) bond motifs is 1. The first-order valence-electron chi connectivity index (χ1n) is 9.37. The monoisotopic (exact) mass is 455 g/mol. The molecule has 2 heterocycles. The molecule has 2 aromatic heterocycles. The van der Waals surface area contributed by atoms with Crippen LogP contribution in [0, 0.1) is 6.92 Å². The van der Waals surface area contributed by atoms with Crippen molar-refractivity contribution in [3.63, 3.8) is 0 Å². The number of methoxy groups -OCH3 is 1. The highest BCUT2D eigenvalue weighted by molar-refractivity contribution is 7.98. The van der Waals surface area contributed by atoms with Gasteiger partial charge in [0.15, 0.2) is 5.16 Å². The molecule has 31 heavy (non-hydrogen) atoms. The van der Waals surface area contributed by atoms with Crippen LogP contribution in [0.5, 0.6) is 0 Å². The van der Waals surface area contributed by atoms with Crippen molar-refractivity contribution in [2.24, 2.45) is 0 Å². The van der Waals surface area contributed by atoms with Crippen LogP contribution in [0.4, 0.5) is 0 Å². The molecule has 0 fully saturated rings. The number of aryl methyl sites for hydroxylation is 1. The second kappa shape index (κ2) is 8.95. The summed E-state index contributed by atoms with van der Waals surface area (Å²) in [5, 5.41) is 5.34. The Balaban J connectivity index is 1.81. The van der Waals surface area contributed by atoms with Crippen LogP contribution >= 0.6 is 23.4 Å². The SMILES string of the molecule is COC(=O)c1ccc2c(=O)n(Cc3ccccc3Cl)c(SCc3cc(C)no3)nc2c1. The van der Waals surface area contributed by atoms with Gasteiger partial charge in [0.25, 0.3) is 5.56 Å². The average Bonchev–Trinajstić information content (AvgIpc) is 3.20. The minimum Gasteiger partial charge on any atom is -0.465 e. The summed E-state index contributed by atoms with van der Waals surface area (Å²) in [5.41, 5.74) is 2.10. The van der Waals surface area contributed by atoms with E-state index in [0.29, 0.717) is 38.2 Å². The van der Waals surface area contributed by atoms with Crippen molar-refractivity contribution in [2.45, 2.75) is 24.4 Å². The van der Waals surface area contributed by atoms with Crippen LogP contribution in [0.25, 0.3) is 10.9 Å². The molecule has 0 saturated carbocycles. The highest BCUT2D eigenvalue weighted by Gasteiger charge is 2.16. The van der Waals surface area contributed by atoms with Crippen molar-refractivity contribution in [2.75, 3.05) is 7.11 Å². The number of ether oxygens (including phenoxy) is 1. The van der Waals surface area contributed by atoms with E-state index in [4.69, 9.17) is 20.9 Å². The molecule has 7 nitrogen and oxygen atoms in total. The van der Waals surface area contributed by atoms with Crippen LogP contribution in [0.1, 0.15) is 27.4 Å². The molecule has 0 radical (unpaired) electrons. The van der Waals surface area contributed by atoms with Crippen molar-refractivity contribution in [1.82, 2.24) is 14.7 Å². The fourth-order valence-electron chi connectivity index (χ4n) is 3.11. The number of hydrogen-bond donors (Lipinski definition) is 0. The molecule has 2 aromatic carbocycles. The van der Waals surface area contributed by atoms with Crippen LogP contribution < -0.4 is 5.56 Å². The van der Waals surface area contributed by atoms with E-state index in [0.717, 1.165) is 11.3 Å². The van der Waals surface area contributed by atoms with Crippen molar-refractivity contribution in [1.29, 1.82) is 0 Å². The van der Waals surface area contributed by atoms with E-state index in [9.17, 15) is 9.59 Å². The van der Waals surface area contributed by atoms with Gasteiger partial charge in [-0.2, -0.15) is 0 Å². The smallest absolute Gasteiger partial charge is 0.337 e. The molecule has 0 saturated heterocycles. The zero-order valence-corrected chi connectivity index (χ0v) is 18.4. The molecule has 9 heteroatoms. The fourth-order valence-corrected chi connectivity index (χ4v) is 4.18. The van der Waals surface area contributed by atoms with Gasteiger partial charge in [-0.3, -0.25) is 9.36 Å². The Morgan fingerprint density at radius 1 is 1.23 bits per heavy atom. The molecule has 0 aliphatic carbocycles. The summed E-state index contributed by atoms with van der Waals surface area (Å²) in [5.74, 6) is 0.623. The highest BCUT2D eigenvalue weighted by atomic mass is 35.5. The summed E-state index contributed by atoms with van der Waals surface area (Å²) in [6.07, 6.45) is 0. The standard InChI is InChI=1S/C22H18ClN3O4S/c1-13-9-16(30-25-13)12-31-22-24-19-10-14(21(28)29-2)7-8-17(19)20(27)26(22)11-15-5-3-4-6-18(15)23/h3-10H,11-12H2,1-2H3. The Morgan fingerprint density at radius 2 is 2.03 bits per heavy atom. The molecular weight excluding hydrogens is 438 g/mol. The van der Waals surface area contributed by atoms with E-state index < -0.39 is 5.97 Å². The molecule has 0 spiro atoms. The quantitative estimate of drug-likeness (QED) is 0.241. The zero-order valence-electron chi connectivity index (χ0n) is 16.8. The third-order valence-electron chi connectivity index (χ3n) is 4.65. The number of thioether (sulfide) groups is 1. The third kappa shape index (κ3) is 4.50. The largest absolute Gasteiger partial charge is 0.465 e. The second-order valence-corrected chi connectivity index (χ2v) is 8.17. The van der Waals surface area contributed by atoms with Gasteiger partial charge in [0.05, 0.1) is 41.6 Å². The fraction of sp³-hybridized carbons (Fsp3) is 0.182. The zero-order chi connectivity index (χ0) is 22.0. The molecule has 4 aromatic rings. The van der Waals surface area contributed by atoms with Gasteiger partial charge in [-0.15, -0.1) is 0 Å². The molecule has 0 amide bonds. The van der Waals surface area contributed by atoms with E-state index in [2.05, 4.69) is 10.1 Å². The maximum atomic E-state index is 13.3. The van der Waals surface area contributed by atoms with Crippen LogP contribution in [0.15, 0.2) is 63.0 Å². The minimum absolute atomic E-state index is 0.224. The van der Waals surface area contributed by atoms with E-state index >= 15 is 0 Å². The molecule has 0 aliphatic heterocycles. The summed E-state index contributed by atoms with van der Waals surface area (Å²) in [6.45, 7) is 2.10. The summed E-state index contributed by atoms with van der Waals surface area (Å²) >= 11 is 7.67. The third-order valence-corrected chi connectivity index (χ3v) is 6.02. The summed E-state index contributed by atoms with van der Waals surface area (Å²) < 4.78 is 11.6. The predicted molar refractivity (Wildman–Crippen MR) is 119 cm³/mol. The number of halogens is 1. The van der Waals surface area contributed by atoms with Crippen molar-refractivity contribution in [3.8, 4) is 0 Å². The van der Waals surface area contributed by atoms with E-state index in [1.54, 1.807) is 28.8 Å². The number of rotatable bonds is 6. The maximum Gasteiger partial charge on any atom is 0.337 e. The summed E-state index contributed by atoms with van der Waals surface area (Å²) in [6, 6.07) is 13.9. The Labute approximate surface area is 187 Å². The first-order valence-corrected chi connectivity index (χ1v) is 10.7. The van der Waals surface area contributed by atoms with Crippen LogP contribution in [0.3, 0.4) is 0 Å². The van der Waals surface area contributed by atoms with Gasteiger partial charge in [-0.1, -0.05) is 46.7 Å². The Hall–Kier alpha value is -3.10. The van der Waals surface area contributed by atoms with Gasteiger partial charge in [-0.25, -0.2) is 9.78 Å². The number of carbonyl (C=O) groups excluding carboxylic acids is 1. The first kappa shape index (κ1) is 21.1. The molecule has 0 bridgehead atoms. The highest BCUT2D eigenvalue weighted by Crippen LogP contribution is 2.25. The first-order chi connectivity index (χ1) is 15.0. The van der Waals surface area contributed by atoms with Gasteiger partial charge in [-0.05, 0) is 36.8 Å². The average molecular weight is 456 g/mol. The lowest BCUT2D eigenvalue weighted by Gasteiger charge is -2.14. The molecule has 4 rings (SSSR count). The van der Waals surface area contributed by atoms with Crippen molar-refractivity contribution < 1.29 is 14.1 Å². The maximum absolute atomic E-state index is 13.3.